The van der Waals surface area contributed by atoms with Crippen LogP contribution in [-0.4, -0.2) is 10.9 Å². The molecule has 0 fully saturated rings. The Morgan fingerprint density at radius 3 is 2.19 bits per heavy atom. The van der Waals surface area contributed by atoms with E-state index in [4.69, 9.17) is 0 Å². The molecule has 2 rings (SSSR count). The predicted octanol–water partition coefficient (Wildman–Crippen LogP) is 5.12. The van der Waals surface area contributed by atoms with Gasteiger partial charge < -0.3 is 5.11 Å². The second-order valence-corrected chi connectivity index (χ2v) is 7.53. The van der Waals surface area contributed by atoms with Crippen molar-refractivity contribution in [2.24, 2.45) is 0 Å². The Hall–Kier alpha value is -1.25. The van der Waals surface area contributed by atoms with Gasteiger partial charge in [0.1, 0.15) is 0 Å². The van der Waals surface area contributed by atoms with Crippen LogP contribution in [0.1, 0.15) is 43.6 Å². The Bertz CT molecular complexity index is 581. The van der Waals surface area contributed by atoms with Crippen LogP contribution in [0.4, 0.5) is 0 Å². The van der Waals surface area contributed by atoms with E-state index in [-0.39, 0.29) is 5.41 Å². The lowest BCUT2D eigenvalue weighted by molar-refractivity contribution is 0.204. The fourth-order valence-electron chi connectivity index (χ4n) is 2.19. The summed E-state index contributed by atoms with van der Waals surface area (Å²) in [5.74, 6) is 0.680. The molecular weight excluding hydrogens is 276 g/mol. The molecule has 1 atom stereocenters. The van der Waals surface area contributed by atoms with Crippen molar-refractivity contribution >= 4 is 11.8 Å². The Morgan fingerprint density at radius 1 is 1.00 bits per heavy atom. The molecule has 2 aromatic carbocycles. The third-order valence-corrected chi connectivity index (χ3v) is 4.90. The summed E-state index contributed by atoms with van der Waals surface area (Å²) in [5.41, 5.74) is 3.70. The van der Waals surface area contributed by atoms with Crippen LogP contribution in [0.15, 0.2) is 53.4 Å². The monoisotopic (exact) mass is 300 g/mol. The maximum atomic E-state index is 10.3. The molecule has 0 aliphatic heterocycles. The summed E-state index contributed by atoms with van der Waals surface area (Å²) in [6, 6.07) is 16.6. The van der Waals surface area contributed by atoms with E-state index in [0.29, 0.717) is 5.75 Å². The molecule has 0 aliphatic rings. The van der Waals surface area contributed by atoms with Crippen molar-refractivity contribution in [1.82, 2.24) is 0 Å². The van der Waals surface area contributed by atoms with Gasteiger partial charge in [0, 0.05) is 10.6 Å². The third kappa shape index (κ3) is 4.36. The van der Waals surface area contributed by atoms with Crippen LogP contribution >= 0.6 is 11.8 Å². The van der Waals surface area contributed by atoms with Gasteiger partial charge in [-0.2, -0.15) is 0 Å². The molecule has 2 aromatic rings. The average molecular weight is 300 g/mol. The number of aryl methyl sites for hydroxylation is 1. The highest BCUT2D eigenvalue weighted by atomic mass is 32.2. The van der Waals surface area contributed by atoms with Crippen LogP contribution in [0, 0.1) is 6.92 Å². The maximum Gasteiger partial charge on any atom is 0.0883 e. The predicted molar refractivity (Wildman–Crippen MR) is 92.0 cm³/mol. The number of aliphatic hydroxyl groups is 1. The fraction of sp³-hybridized carbons (Fsp3) is 0.368. The van der Waals surface area contributed by atoms with E-state index >= 15 is 0 Å². The summed E-state index contributed by atoms with van der Waals surface area (Å²) in [5, 5.41) is 10.3. The molecule has 0 bridgehead atoms. The molecule has 2 heteroatoms. The lowest BCUT2D eigenvalue weighted by atomic mass is 9.86. The van der Waals surface area contributed by atoms with Crippen LogP contribution < -0.4 is 0 Å². The highest BCUT2D eigenvalue weighted by molar-refractivity contribution is 7.99. The first-order chi connectivity index (χ1) is 9.88. The molecule has 21 heavy (non-hydrogen) atoms. The lowest BCUT2D eigenvalue weighted by Crippen LogP contribution is -2.11. The molecule has 1 N–H and O–H groups in total. The van der Waals surface area contributed by atoms with Crippen LogP contribution in [0.5, 0.6) is 0 Å². The van der Waals surface area contributed by atoms with Gasteiger partial charge in [-0.05, 0) is 35.1 Å². The number of benzene rings is 2. The maximum absolute atomic E-state index is 10.3. The number of hydrogen-bond acceptors (Lipinski definition) is 2. The normalized spacial score (nSPS) is 13.2. The van der Waals surface area contributed by atoms with E-state index in [0.717, 1.165) is 5.56 Å². The van der Waals surface area contributed by atoms with Gasteiger partial charge in [0.25, 0.3) is 0 Å². The molecule has 0 amide bonds. The van der Waals surface area contributed by atoms with Gasteiger partial charge in [-0.1, -0.05) is 63.2 Å². The summed E-state index contributed by atoms with van der Waals surface area (Å²) in [7, 11) is 0. The van der Waals surface area contributed by atoms with Crippen molar-refractivity contribution in [3.63, 3.8) is 0 Å². The van der Waals surface area contributed by atoms with E-state index in [9.17, 15) is 5.11 Å². The Morgan fingerprint density at radius 2 is 1.62 bits per heavy atom. The molecule has 0 spiro atoms. The first-order valence-corrected chi connectivity index (χ1v) is 8.33. The van der Waals surface area contributed by atoms with Crippen molar-refractivity contribution < 1.29 is 5.11 Å². The van der Waals surface area contributed by atoms with Crippen LogP contribution in [0.3, 0.4) is 0 Å². The smallest absolute Gasteiger partial charge is 0.0883 e. The second-order valence-electron chi connectivity index (χ2n) is 6.46. The summed E-state index contributed by atoms with van der Waals surface area (Å²) >= 11 is 1.71. The van der Waals surface area contributed by atoms with Crippen molar-refractivity contribution in [2.75, 3.05) is 5.75 Å². The number of hydrogen-bond donors (Lipinski definition) is 1. The molecule has 0 aliphatic carbocycles. The summed E-state index contributed by atoms with van der Waals surface area (Å²) < 4.78 is 0. The van der Waals surface area contributed by atoms with Gasteiger partial charge in [-0.3, -0.25) is 0 Å². The highest BCUT2D eigenvalue weighted by Crippen LogP contribution is 2.28. The molecular formula is C19H24OS. The Kier molecular flexibility index (Phi) is 5.13. The molecule has 0 aromatic heterocycles. The summed E-state index contributed by atoms with van der Waals surface area (Å²) in [4.78, 5) is 1.24. The molecule has 0 saturated carbocycles. The second kappa shape index (κ2) is 6.67. The molecule has 0 radical (unpaired) electrons. The molecule has 0 saturated heterocycles. The Balaban J connectivity index is 2.01. The minimum absolute atomic E-state index is 0.152. The van der Waals surface area contributed by atoms with Crippen LogP contribution in [-0.2, 0) is 5.41 Å². The highest BCUT2D eigenvalue weighted by Gasteiger charge is 2.14. The zero-order chi connectivity index (χ0) is 15.5. The van der Waals surface area contributed by atoms with Gasteiger partial charge in [0.05, 0.1) is 6.10 Å². The number of thioether (sulfide) groups is 1. The van der Waals surface area contributed by atoms with E-state index in [1.807, 2.05) is 24.3 Å². The van der Waals surface area contributed by atoms with Crippen molar-refractivity contribution in [3.05, 3.63) is 65.2 Å². The lowest BCUT2D eigenvalue weighted by Gasteiger charge is -2.20. The van der Waals surface area contributed by atoms with Crippen LogP contribution in [0.2, 0.25) is 0 Å². The number of rotatable bonds is 4. The van der Waals surface area contributed by atoms with Gasteiger partial charge in [0.2, 0.25) is 0 Å². The van der Waals surface area contributed by atoms with E-state index < -0.39 is 6.10 Å². The fourth-order valence-corrected chi connectivity index (χ4v) is 3.19. The van der Waals surface area contributed by atoms with Gasteiger partial charge >= 0.3 is 0 Å². The number of aliphatic hydroxyl groups excluding tert-OH is 1. The van der Waals surface area contributed by atoms with E-state index in [1.54, 1.807) is 11.8 Å². The topological polar surface area (TPSA) is 20.2 Å². The zero-order valence-electron chi connectivity index (χ0n) is 13.3. The summed E-state index contributed by atoms with van der Waals surface area (Å²) in [6.07, 6.45) is -0.427. The molecule has 112 valence electrons. The van der Waals surface area contributed by atoms with Gasteiger partial charge in [-0.25, -0.2) is 0 Å². The quantitative estimate of drug-likeness (QED) is 0.791. The van der Waals surface area contributed by atoms with E-state index in [2.05, 4.69) is 52.0 Å². The standard InChI is InChI=1S/C19H24OS/c1-14-7-5-6-8-18(14)21-13-17(20)15-9-11-16(12-10-15)19(2,3)4/h5-12,17,20H,13H2,1-4H3. The molecule has 1 unspecified atom stereocenters. The van der Waals surface area contributed by atoms with Crippen molar-refractivity contribution in [1.29, 1.82) is 0 Å². The largest absolute Gasteiger partial charge is 0.388 e. The Labute approximate surface area is 132 Å². The van der Waals surface area contributed by atoms with Crippen molar-refractivity contribution in [2.45, 2.75) is 44.1 Å². The van der Waals surface area contributed by atoms with Crippen LogP contribution in [0.25, 0.3) is 0 Å². The zero-order valence-corrected chi connectivity index (χ0v) is 14.1. The first kappa shape index (κ1) is 16.1. The SMILES string of the molecule is Cc1ccccc1SCC(O)c1ccc(C(C)(C)C)cc1. The first-order valence-electron chi connectivity index (χ1n) is 7.35. The minimum atomic E-state index is -0.427. The van der Waals surface area contributed by atoms with Gasteiger partial charge in [0.15, 0.2) is 0 Å². The summed E-state index contributed by atoms with van der Waals surface area (Å²) in [6.45, 7) is 8.71. The average Bonchev–Trinajstić information content (AvgIpc) is 2.45. The van der Waals surface area contributed by atoms with Gasteiger partial charge in [-0.15, -0.1) is 11.8 Å². The minimum Gasteiger partial charge on any atom is -0.388 e. The third-order valence-electron chi connectivity index (χ3n) is 3.65. The van der Waals surface area contributed by atoms with E-state index in [1.165, 1.54) is 16.0 Å². The van der Waals surface area contributed by atoms with Crippen molar-refractivity contribution in [3.8, 4) is 0 Å². The molecule has 1 nitrogen and oxygen atoms in total. The molecule has 0 heterocycles.